The van der Waals surface area contributed by atoms with E-state index in [-0.39, 0.29) is 6.10 Å². The van der Waals surface area contributed by atoms with Crippen LogP contribution in [0.4, 0.5) is 0 Å². The Morgan fingerprint density at radius 1 is 0.730 bits per heavy atom. The van der Waals surface area contributed by atoms with Crippen molar-refractivity contribution in [2.45, 2.75) is 63.6 Å². The molecule has 0 bridgehead atoms. The Morgan fingerprint density at radius 2 is 1.32 bits per heavy atom. The molecule has 3 aromatic carbocycles. The van der Waals surface area contributed by atoms with E-state index in [2.05, 4.69) is 0 Å². The summed E-state index contributed by atoms with van der Waals surface area (Å²) < 4.78 is 43.2. The van der Waals surface area contributed by atoms with Crippen LogP contribution in [0.5, 0.6) is 11.5 Å². The Balaban J connectivity index is 1.35. The first-order valence-electron chi connectivity index (χ1n) is 12.6. The summed E-state index contributed by atoms with van der Waals surface area (Å²) in [6, 6.07) is 27.4. The standard InChI is InChI=1S/C30H34O7/c1-30(2)36-26-25(20-32-18-21-10-6-4-7-11-21)35-29(34-24-16-14-23(31-3)15-17-24)28(27(26)37-30)33-19-22-12-8-5-9-13-22/h4-17,25-29H,18-20H2,1-3H3/t25-,26+,27+,28-,29+/m1/s1. The summed E-state index contributed by atoms with van der Waals surface area (Å²) >= 11 is 0. The molecule has 7 heteroatoms. The van der Waals surface area contributed by atoms with Crippen molar-refractivity contribution in [3.63, 3.8) is 0 Å². The molecule has 0 saturated carbocycles. The predicted molar refractivity (Wildman–Crippen MR) is 137 cm³/mol. The molecular weight excluding hydrogens is 472 g/mol. The second-order valence-corrected chi connectivity index (χ2v) is 9.66. The minimum absolute atomic E-state index is 0.323. The summed E-state index contributed by atoms with van der Waals surface area (Å²) in [7, 11) is 1.63. The van der Waals surface area contributed by atoms with Gasteiger partial charge in [0.05, 0.1) is 26.9 Å². The van der Waals surface area contributed by atoms with Crippen LogP contribution in [-0.2, 0) is 36.9 Å². The largest absolute Gasteiger partial charge is 0.497 e. The Morgan fingerprint density at radius 3 is 1.97 bits per heavy atom. The zero-order valence-electron chi connectivity index (χ0n) is 21.4. The Kier molecular flexibility index (Phi) is 8.08. The third-order valence-electron chi connectivity index (χ3n) is 6.42. The van der Waals surface area contributed by atoms with Gasteiger partial charge in [-0.1, -0.05) is 60.7 Å². The number of methoxy groups -OCH3 is 1. The zero-order chi connectivity index (χ0) is 25.7. The van der Waals surface area contributed by atoms with Crippen LogP contribution in [0.3, 0.4) is 0 Å². The maximum Gasteiger partial charge on any atom is 0.229 e. The molecule has 0 unspecified atom stereocenters. The molecule has 196 valence electrons. The summed E-state index contributed by atoms with van der Waals surface area (Å²) in [6.45, 7) is 4.99. The van der Waals surface area contributed by atoms with E-state index in [1.165, 1.54) is 0 Å². The van der Waals surface area contributed by atoms with Gasteiger partial charge in [-0.25, -0.2) is 0 Å². The summed E-state index contributed by atoms with van der Waals surface area (Å²) in [5, 5.41) is 0. The molecule has 0 amide bonds. The molecule has 0 spiro atoms. The highest BCUT2D eigenvalue weighted by atomic mass is 16.8. The van der Waals surface area contributed by atoms with Crippen molar-refractivity contribution in [2.75, 3.05) is 13.7 Å². The van der Waals surface area contributed by atoms with E-state index in [4.69, 9.17) is 33.2 Å². The van der Waals surface area contributed by atoms with Crippen molar-refractivity contribution in [1.29, 1.82) is 0 Å². The van der Waals surface area contributed by atoms with E-state index >= 15 is 0 Å². The molecule has 2 heterocycles. The number of rotatable bonds is 10. The molecule has 5 atom stereocenters. The van der Waals surface area contributed by atoms with Gasteiger partial charge in [0, 0.05) is 0 Å². The highest BCUT2D eigenvalue weighted by Crippen LogP contribution is 2.40. The molecule has 7 nitrogen and oxygen atoms in total. The van der Waals surface area contributed by atoms with Gasteiger partial charge < -0.3 is 33.2 Å². The first-order chi connectivity index (χ1) is 18.0. The lowest BCUT2D eigenvalue weighted by Gasteiger charge is -2.41. The Hall–Kier alpha value is -2.94. The van der Waals surface area contributed by atoms with E-state index in [0.717, 1.165) is 16.9 Å². The minimum Gasteiger partial charge on any atom is -0.497 e. The van der Waals surface area contributed by atoms with Crippen LogP contribution in [0.2, 0.25) is 0 Å². The quantitative estimate of drug-likeness (QED) is 0.378. The molecule has 3 aromatic rings. The average molecular weight is 507 g/mol. The highest BCUT2D eigenvalue weighted by Gasteiger charge is 2.56. The molecule has 2 saturated heterocycles. The number of hydrogen-bond donors (Lipinski definition) is 0. The van der Waals surface area contributed by atoms with Crippen molar-refractivity contribution in [2.24, 2.45) is 0 Å². The van der Waals surface area contributed by atoms with Crippen LogP contribution in [0, 0.1) is 0 Å². The van der Waals surface area contributed by atoms with E-state index in [1.807, 2.05) is 98.8 Å². The molecule has 0 radical (unpaired) electrons. The van der Waals surface area contributed by atoms with E-state index in [0.29, 0.717) is 25.6 Å². The number of fused-ring (bicyclic) bond motifs is 1. The van der Waals surface area contributed by atoms with Crippen molar-refractivity contribution in [3.05, 3.63) is 96.1 Å². The fraction of sp³-hybridized carbons (Fsp3) is 0.400. The smallest absolute Gasteiger partial charge is 0.229 e. The Bertz CT molecular complexity index is 1100. The molecule has 0 aromatic heterocycles. The fourth-order valence-corrected chi connectivity index (χ4v) is 4.67. The molecular formula is C30H34O7. The third kappa shape index (κ3) is 6.50. The minimum atomic E-state index is -0.792. The van der Waals surface area contributed by atoms with Crippen molar-refractivity contribution in [1.82, 2.24) is 0 Å². The van der Waals surface area contributed by atoms with Crippen molar-refractivity contribution >= 4 is 0 Å². The first kappa shape index (κ1) is 25.7. The lowest BCUT2D eigenvalue weighted by atomic mass is 9.99. The average Bonchev–Trinajstić information content (AvgIpc) is 3.25. The van der Waals surface area contributed by atoms with Gasteiger partial charge in [0.25, 0.3) is 0 Å². The maximum absolute atomic E-state index is 6.48. The summed E-state index contributed by atoms with van der Waals surface area (Å²) in [4.78, 5) is 0. The van der Waals surface area contributed by atoms with Crippen LogP contribution in [0.1, 0.15) is 25.0 Å². The van der Waals surface area contributed by atoms with Crippen molar-refractivity contribution in [3.8, 4) is 11.5 Å². The summed E-state index contributed by atoms with van der Waals surface area (Å²) in [5.74, 6) is 0.592. The second kappa shape index (κ2) is 11.6. The van der Waals surface area contributed by atoms with Crippen LogP contribution in [0.15, 0.2) is 84.9 Å². The maximum atomic E-state index is 6.48. The number of benzene rings is 3. The second-order valence-electron chi connectivity index (χ2n) is 9.66. The fourth-order valence-electron chi connectivity index (χ4n) is 4.67. The van der Waals surface area contributed by atoms with E-state index < -0.39 is 30.4 Å². The van der Waals surface area contributed by atoms with Gasteiger partial charge in [0.15, 0.2) is 5.79 Å². The number of ether oxygens (including phenoxy) is 7. The Labute approximate surface area is 218 Å². The molecule has 5 rings (SSSR count). The molecule has 37 heavy (non-hydrogen) atoms. The molecule has 2 fully saturated rings. The van der Waals surface area contributed by atoms with E-state index in [1.54, 1.807) is 7.11 Å². The van der Waals surface area contributed by atoms with Gasteiger partial charge in [0.2, 0.25) is 6.29 Å². The molecule has 0 N–H and O–H groups in total. The van der Waals surface area contributed by atoms with Gasteiger partial charge in [-0.3, -0.25) is 0 Å². The molecule has 0 aliphatic carbocycles. The van der Waals surface area contributed by atoms with E-state index in [9.17, 15) is 0 Å². The lowest BCUT2D eigenvalue weighted by molar-refractivity contribution is -0.270. The van der Waals surface area contributed by atoms with Gasteiger partial charge >= 0.3 is 0 Å². The summed E-state index contributed by atoms with van der Waals surface area (Å²) in [5.41, 5.74) is 2.14. The zero-order valence-corrected chi connectivity index (χ0v) is 21.4. The topological polar surface area (TPSA) is 64.6 Å². The van der Waals surface area contributed by atoms with Gasteiger partial charge in [-0.2, -0.15) is 0 Å². The normalized spacial score (nSPS) is 26.4. The van der Waals surface area contributed by atoms with Gasteiger partial charge in [-0.05, 0) is 49.2 Å². The predicted octanol–water partition coefficient (Wildman–Crippen LogP) is 5.12. The third-order valence-corrected chi connectivity index (χ3v) is 6.42. The van der Waals surface area contributed by atoms with Crippen LogP contribution in [-0.4, -0.2) is 50.2 Å². The van der Waals surface area contributed by atoms with Gasteiger partial charge in [0.1, 0.15) is 35.9 Å². The first-order valence-corrected chi connectivity index (χ1v) is 12.6. The lowest BCUT2D eigenvalue weighted by Crippen LogP contribution is -2.59. The SMILES string of the molecule is COc1ccc(O[C@H]2O[C@H](COCc3ccccc3)[C@@H]3OC(C)(C)O[C@@H]3[C@H]2OCc2ccccc2)cc1. The summed E-state index contributed by atoms with van der Waals surface area (Å²) in [6.07, 6.45) is -2.45. The molecule has 2 aliphatic heterocycles. The highest BCUT2D eigenvalue weighted by molar-refractivity contribution is 5.31. The molecule has 2 aliphatic rings. The van der Waals surface area contributed by atoms with Crippen LogP contribution in [0.25, 0.3) is 0 Å². The van der Waals surface area contributed by atoms with Gasteiger partial charge in [-0.15, -0.1) is 0 Å². The van der Waals surface area contributed by atoms with Crippen molar-refractivity contribution < 1.29 is 33.2 Å². The number of hydrogen-bond acceptors (Lipinski definition) is 7. The van der Waals surface area contributed by atoms with Crippen LogP contribution >= 0.6 is 0 Å². The van der Waals surface area contributed by atoms with Crippen LogP contribution < -0.4 is 9.47 Å². The monoisotopic (exact) mass is 506 g/mol.